The molecule has 6 nitrogen and oxygen atoms in total. The van der Waals surface area contributed by atoms with E-state index < -0.39 is 0 Å². The molecule has 158 valence electrons. The Morgan fingerprint density at radius 3 is 2.65 bits per heavy atom. The predicted molar refractivity (Wildman–Crippen MR) is 125 cm³/mol. The van der Waals surface area contributed by atoms with Crippen LogP contribution in [-0.4, -0.2) is 43.4 Å². The van der Waals surface area contributed by atoms with Gasteiger partial charge in [-0.2, -0.15) is 0 Å². The highest BCUT2D eigenvalue weighted by Gasteiger charge is 2.30. The number of rotatable bonds is 7. The summed E-state index contributed by atoms with van der Waals surface area (Å²) in [5, 5.41) is 6.29. The topological polar surface area (TPSA) is 63.9 Å². The van der Waals surface area contributed by atoms with E-state index in [1.165, 1.54) is 11.8 Å². The Hall–Kier alpha value is -2.71. The van der Waals surface area contributed by atoms with Crippen LogP contribution in [0.5, 0.6) is 0 Å². The molecule has 0 unspecified atom stereocenters. The van der Waals surface area contributed by atoms with Crippen molar-refractivity contribution in [2.75, 3.05) is 12.8 Å². The molecule has 0 saturated heterocycles. The number of nitrogens with zero attached hydrogens (tertiary/aromatic N) is 5. The fourth-order valence-electron chi connectivity index (χ4n) is 3.41. The molecule has 5 rings (SSSR count). The number of hydrogen-bond donors (Lipinski definition) is 0. The standard InChI is InChI=1S/C23H23N5OS2/c1-15(22-24-18-10-6-7-11-19(18)31-22)27(2)20(29)14-30-23-25-21(16-12-13-16)28(26-23)17-8-4-3-5-9-17/h3-11,15-16H,12-14H2,1-2H3/t15-/m1/s1. The smallest absolute Gasteiger partial charge is 0.233 e. The average Bonchev–Trinajstić information content (AvgIpc) is 3.41. The Morgan fingerprint density at radius 2 is 1.90 bits per heavy atom. The second-order valence-electron chi connectivity index (χ2n) is 7.76. The second kappa shape index (κ2) is 8.43. The zero-order chi connectivity index (χ0) is 21.4. The molecular weight excluding hydrogens is 426 g/mol. The van der Waals surface area contributed by atoms with Gasteiger partial charge >= 0.3 is 0 Å². The van der Waals surface area contributed by atoms with Gasteiger partial charge in [0.05, 0.1) is 27.7 Å². The summed E-state index contributed by atoms with van der Waals surface area (Å²) >= 11 is 3.04. The van der Waals surface area contributed by atoms with Gasteiger partial charge in [-0.15, -0.1) is 16.4 Å². The number of amides is 1. The Bertz CT molecular complexity index is 1180. The van der Waals surface area contributed by atoms with Gasteiger partial charge in [0.2, 0.25) is 11.1 Å². The fraction of sp³-hybridized carbons (Fsp3) is 0.304. The Morgan fingerprint density at radius 1 is 1.16 bits per heavy atom. The average molecular weight is 450 g/mol. The number of para-hydroxylation sites is 2. The number of thioether (sulfide) groups is 1. The maximum absolute atomic E-state index is 12.9. The normalized spacial score (nSPS) is 14.6. The van der Waals surface area contributed by atoms with Crippen molar-refractivity contribution in [3.63, 3.8) is 0 Å². The highest BCUT2D eigenvalue weighted by Crippen LogP contribution is 2.40. The largest absolute Gasteiger partial charge is 0.336 e. The molecule has 31 heavy (non-hydrogen) atoms. The molecule has 1 aliphatic rings. The van der Waals surface area contributed by atoms with Gasteiger partial charge in [0.15, 0.2) is 0 Å². The van der Waals surface area contributed by atoms with Crippen LogP contribution in [-0.2, 0) is 4.79 Å². The van der Waals surface area contributed by atoms with Crippen LogP contribution < -0.4 is 0 Å². The van der Waals surface area contributed by atoms with Gasteiger partial charge in [0.1, 0.15) is 10.8 Å². The number of carbonyl (C=O) groups excluding carboxylic acids is 1. The van der Waals surface area contributed by atoms with Gasteiger partial charge in [-0.25, -0.2) is 14.6 Å². The summed E-state index contributed by atoms with van der Waals surface area (Å²) in [7, 11) is 1.84. The molecule has 4 aromatic rings. The highest BCUT2D eigenvalue weighted by atomic mass is 32.2. The molecule has 1 fully saturated rings. The molecule has 0 radical (unpaired) electrons. The quantitative estimate of drug-likeness (QED) is 0.369. The molecular formula is C23H23N5OS2. The molecule has 1 aliphatic carbocycles. The van der Waals surface area contributed by atoms with Gasteiger partial charge in [0.25, 0.3) is 0 Å². The second-order valence-corrected chi connectivity index (χ2v) is 9.77. The molecule has 0 aliphatic heterocycles. The van der Waals surface area contributed by atoms with E-state index in [0.29, 0.717) is 16.8 Å². The number of carbonyl (C=O) groups is 1. The number of fused-ring (bicyclic) bond motifs is 1. The highest BCUT2D eigenvalue weighted by molar-refractivity contribution is 7.99. The maximum Gasteiger partial charge on any atom is 0.233 e. The van der Waals surface area contributed by atoms with Crippen molar-refractivity contribution >= 4 is 39.2 Å². The molecule has 0 N–H and O–H groups in total. The summed E-state index contributed by atoms with van der Waals surface area (Å²) in [5.74, 6) is 1.81. The van der Waals surface area contributed by atoms with E-state index in [4.69, 9.17) is 15.1 Å². The number of thiazole rings is 1. The zero-order valence-corrected chi connectivity index (χ0v) is 19.1. The monoisotopic (exact) mass is 449 g/mol. The minimum atomic E-state index is -0.0811. The minimum absolute atomic E-state index is 0.0424. The van der Waals surface area contributed by atoms with Crippen molar-refractivity contribution in [2.45, 2.75) is 36.9 Å². The summed E-state index contributed by atoms with van der Waals surface area (Å²) in [4.78, 5) is 24.1. The molecule has 2 heterocycles. The number of hydrogen-bond acceptors (Lipinski definition) is 6. The van der Waals surface area contributed by atoms with Gasteiger partial charge in [0, 0.05) is 13.0 Å². The lowest BCUT2D eigenvalue weighted by atomic mass is 10.3. The van der Waals surface area contributed by atoms with Crippen LogP contribution in [0.3, 0.4) is 0 Å². The van der Waals surface area contributed by atoms with Gasteiger partial charge in [-0.3, -0.25) is 4.79 Å². The van der Waals surface area contributed by atoms with Gasteiger partial charge < -0.3 is 4.90 Å². The van der Waals surface area contributed by atoms with Crippen molar-refractivity contribution in [2.24, 2.45) is 0 Å². The first-order valence-corrected chi connectivity index (χ1v) is 12.2. The lowest BCUT2D eigenvalue weighted by Crippen LogP contribution is -2.31. The van der Waals surface area contributed by atoms with Crippen molar-refractivity contribution in [1.29, 1.82) is 0 Å². The summed E-state index contributed by atoms with van der Waals surface area (Å²) in [5.41, 5.74) is 1.99. The zero-order valence-electron chi connectivity index (χ0n) is 17.4. The predicted octanol–water partition coefficient (Wildman–Crippen LogP) is 5.07. The molecule has 0 spiro atoms. The fourth-order valence-corrected chi connectivity index (χ4v) is 5.23. The summed E-state index contributed by atoms with van der Waals surface area (Å²) < 4.78 is 3.07. The Labute approximate surface area is 189 Å². The number of benzene rings is 2. The molecule has 1 atom stereocenters. The van der Waals surface area contributed by atoms with E-state index in [2.05, 4.69) is 6.07 Å². The SMILES string of the molecule is C[C@H](c1nc2ccccc2s1)N(C)C(=O)CSc1nc(C2CC2)n(-c2ccccc2)n1. The van der Waals surface area contributed by atoms with Crippen LogP contribution >= 0.6 is 23.1 Å². The van der Waals surface area contributed by atoms with Crippen LogP contribution in [0.25, 0.3) is 15.9 Å². The Balaban J connectivity index is 1.27. The van der Waals surface area contributed by atoms with Crippen molar-refractivity contribution in [1.82, 2.24) is 24.6 Å². The molecule has 0 bridgehead atoms. The van der Waals surface area contributed by atoms with Gasteiger partial charge in [-0.1, -0.05) is 42.1 Å². The maximum atomic E-state index is 12.9. The van der Waals surface area contributed by atoms with E-state index in [9.17, 15) is 4.79 Å². The molecule has 8 heteroatoms. The van der Waals surface area contributed by atoms with Crippen LogP contribution in [0, 0.1) is 0 Å². The summed E-state index contributed by atoms with van der Waals surface area (Å²) in [6.07, 6.45) is 2.30. The molecule has 1 amide bonds. The van der Waals surface area contributed by atoms with Crippen LogP contribution in [0.15, 0.2) is 59.8 Å². The van der Waals surface area contributed by atoms with Crippen molar-refractivity contribution < 1.29 is 4.79 Å². The first-order chi connectivity index (χ1) is 15.1. The Kier molecular flexibility index (Phi) is 5.50. The van der Waals surface area contributed by atoms with E-state index >= 15 is 0 Å². The van der Waals surface area contributed by atoms with E-state index in [1.807, 2.05) is 67.2 Å². The van der Waals surface area contributed by atoms with Crippen molar-refractivity contribution in [3.05, 3.63) is 65.4 Å². The lowest BCUT2D eigenvalue weighted by Gasteiger charge is -2.22. The van der Waals surface area contributed by atoms with Crippen LogP contribution in [0.4, 0.5) is 0 Å². The molecule has 2 aromatic carbocycles. The first kappa shape index (κ1) is 20.2. The van der Waals surface area contributed by atoms with E-state index in [0.717, 1.165) is 39.6 Å². The lowest BCUT2D eigenvalue weighted by molar-refractivity contribution is -0.128. The molecule has 2 aromatic heterocycles. The van der Waals surface area contributed by atoms with Gasteiger partial charge in [-0.05, 0) is 44.0 Å². The minimum Gasteiger partial charge on any atom is -0.336 e. The molecule has 1 saturated carbocycles. The summed E-state index contributed by atoms with van der Waals surface area (Å²) in [6.45, 7) is 2.02. The number of aromatic nitrogens is 4. The third-order valence-electron chi connectivity index (χ3n) is 5.52. The van der Waals surface area contributed by atoms with E-state index in [-0.39, 0.29) is 11.9 Å². The first-order valence-electron chi connectivity index (χ1n) is 10.4. The van der Waals surface area contributed by atoms with Crippen LogP contribution in [0.2, 0.25) is 0 Å². The van der Waals surface area contributed by atoms with Crippen molar-refractivity contribution in [3.8, 4) is 5.69 Å². The van der Waals surface area contributed by atoms with E-state index in [1.54, 1.807) is 16.2 Å². The third kappa shape index (κ3) is 4.22. The summed E-state index contributed by atoms with van der Waals surface area (Å²) in [6, 6.07) is 18.1. The van der Waals surface area contributed by atoms with Crippen LogP contribution in [0.1, 0.15) is 42.6 Å². The third-order valence-corrected chi connectivity index (χ3v) is 7.55.